The van der Waals surface area contributed by atoms with Gasteiger partial charge in [0.15, 0.2) is 0 Å². The SMILES string of the molecule is Cc1oc2ccccc2c1C(O)Cc1ccc(Br)cc1. The highest BCUT2D eigenvalue weighted by atomic mass is 79.9. The third-order valence-corrected chi connectivity index (χ3v) is 4.02. The first-order valence-corrected chi connectivity index (χ1v) is 7.35. The molecule has 1 heterocycles. The fourth-order valence-corrected chi connectivity index (χ4v) is 2.81. The molecule has 1 unspecified atom stereocenters. The summed E-state index contributed by atoms with van der Waals surface area (Å²) in [5, 5.41) is 11.5. The zero-order valence-corrected chi connectivity index (χ0v) is 12.7. The molecule has 0 aliphatic heterocycles. The molecule has 0 bridgehead atoms. The predicted molar refractivity (Wildman–Crippen MR) is 83.8 cm³/mol. The highest BCUT2D eigenvalue weighted by Gasteiger charge is 2.18. The second-order valence-corrected chi connectivity index (χ2v) is 5.83. The molecule has 0 saturated carbocycles. The van der Waals surface area contributed by atoms with Gasteiger partial charge >= 0.3 is 0 Å². The van der Waals surface area contributed by atoms with Crippen molar-refractivity contribution in [2.45, 2.75) is 19.4 Å². The second-order valence-electron chi connectivity index (χ2n) is 4.91. The molecule has 102 valence electrons. The van der Waals surface area contributed by atoms with E-state index in [1.54, 1.807) is 0 Å². The van der Waals surface area contributed by atoms with Crippen LogP contribution in [0.2, 0.25) is 0 Å². The molecule has 2 aromatic carbocycles. The van der Waals surface area contributed by atoms with E-state index in [0.29, 0.717) is 6.42 Å². The van der Waals surface area contributed by atoms with Crippen molar-refractivity contribution < 1.29 is 9.52 Å². The number of halogens is 1. The van der Waals surface area contributed by atoms with Crippen molar-refractivity contribution in [3.8, 4) is 0 Å². The van der Waals surface area contributed by atoms with Gasteiger partial charge < -0.3 is 9.52 Å². The van der Waals surface area contributed by atoms with Gasteiger partial charge in [0.1, 0.15) is 11.3 Å². The summed E-state index contributed by atoms with van der Waals surface area (Å²) in [5.74, 6) is 0.788. The van der Waals surface area contributed by atoms with E-state index in [2.05, 4.69) is 15.9 Å². The third-order valence-electron chi connectivity index (χ3n) is 3.50. The summed E-state index contributed by atoms with van der Waals surface area (Å²) >= 11 is 3.42. The lowest BCUT2D eigenvalue weighted by Gasteiger charge is -2.10. The average molecular weight is 331 g/mol. The molecule has 20 heavy (non-hydrogen) atoms. The number of para-hydroxylation sites is 1. The third kappa shape index (κ3) is 2.51. The van der Waals surface area contributed by atoms with Crippen LogP contribution in [0.1, 0.15) is 23.0 Å². The molecule has 3 rings (SSSR count). The zero-order chi connectivity index (χ0) is 14.1. The van der Waals surface area contributed by atoms with Crippen molar-refractivity contribution in [3.63, 3.8) is 0 Å². The van der Waals surface area contributed by atoms with Crippen LogP contribution in [0.5, 0.6) is 0 Å². The minimum Gasteiger partial charge on any atom is -0.461 e. The molecule has 0 amide bonds. The van der Waals surface area contributed by atoms with Gasteiger partial charge in [-0.2, -0.15) is 0 Å². The maximum atomic E-state index is 10.5. The Kier molecular flexibility index (Phi) is 3.64. The predicted octanol–water partition coefficient (Wildman–Crippen LogP) is 4.78. The molecule has 3 heteroatoms. The fourth-order valence-electron chi connectivity index (χ4n) is 2.55. The van der Waals surface area contributed by atoms with Gasteiger partial charge in [0.2, 0.25) is 0 Å². The molecule has 1 aromatic heterocycles. The monoisotopic (exact) mass is 330 g/mol. The highest BCUT2D eigenvalue weighted by molar-refractivity contribution is 9.10. The van der Waals surface area contributed by atoms with Crippen LogP contribution < -0.4 is 0 Å². The van der Waals surface area contributed by atoms with Crippen molar-refractivity contribution >= 4 is 26.9 Å². The standard InChI is InChI=1S/C17H15BrO2/c1-11-17(14-4-2-3-5-16(14)20-11)15(19)10-12-6-8-13(18)9-7-12/h2-9,15,19H,10H2,1H3. The summed E-state index contributed by atoms with van der Waals surface area (Å²) in [6, 6.07) is 15.8. The quantitative estimate of drug-likeness (QED) is 0.749. The second kappa shape index (κ2) is 5.43. The maximum Gasteiger partial charge on any atom is 0.134 e. The maximum absolute atomic E-state index is 10.5. The summed E-state index contributed by atoms with van der Waals surface area (Å²) in [7, 11) is 0. The number of benzene rings is 2. The molecule has 0 saturated heterocycles. The van der Waals surface area contributed by atoms with E-state index in [-0.39, 0.29) is 0 Å². The van der Waals surface area contributed by atoms with E-state index < -0.39 is 6.10 Å². The van der Waals surface area contributed by atoms with E-state index in [9.17, 15) is 5.11 Å². The first-order valence-electron chi connectivity index (χ1n) is 6.55. The lowest BCUT2D eigenvalue weighted by molar-refractivity contribution is 0.177. The number of aryl methyl sites for hydroxylation is 1. The normalized spacial score (nSPS) is 12.8. The Hall–Kier alpha value is -1.58. The number of hydrogen-bond donors (Lipinski definition) is 1. The molecule has 0 radical (unpaired) electrons. The van der Waals surface area contributed by atoms with Gasteiger partial charge in [-0.1, -0.05) is 46.3 Å². The van der Waals surface area contributed by atoms with E-state index in [1.807, 2.05) is 55.5 Å². The van der Waals surface area contributed by atoms with Crippen LogP contribution in [0, 0.1) is 6.92 Å². The van der Waals surface area contributed by atoms with Crippen LogP contribution in [0.4, 0.5) is 0 Å². The molecular weight excluding hydrogens is 316 g/mol. The van der Waals surface area contributed by atoms with Gasteiger partial charge in [-0.05, 0) is 30.7 Å². The molecule has 1 atom stereocenters. The number of aliphatic hydroxyl groups is 1. The lowest BCUT2D eigenvalue weighted by Crippen LogP contribution is -2.02. The van der Waals surface area contributed by atoms with Crippen LogP contribution in [-0.2, 0) is 6.42 Å². The summed E-state index contributed by atoms with van der Waals surface area (Å²) < 4.78 is 6.75. The highest BCUT2D eigenvalue weighted by Crippen LogP contribution is 2.32. The minimum atomic E-state index is -0.556. The van der Waals surface area contributed by atoms with Gasteiger partial charge in [-0.15, -0.1) is 0 Å². The Bertz CT molecular complexity index is 728. The van der Waals surface area contributed by atoms with Gasteiger partial charge in [0, 0.05) is 21.8 Å². The van der Waals surface area contributed by atoms with Crippen LogP contribution in [0.3, 0.4) is 0 Å². The lowest BCUT2D eigenvalue weighted by atomic mass is 9.99. The number of fused-ring (bicyclic) bond motifs is 1. The largest absolute Gasteiger partial charge is 0.461 e. The summed E-state index contributed by atoms with van der Waals surface area (Å²) in [5.41, 5.74) is 2.82. The van der Waals surface area contributed by atoms with Crippen molar-refractivity contribution in [3.05, 3.63) is 69.9 Å². The van der Waals surface area contributed by atoms with E-state index in [4.69, 9.17) is 4.42 Å². The smallest absolute Gasteiger partial charge is 0.134 e. The number of hydrogen-bond acceptors (Lipinski definition) is 2. The molecule has 0 spiro atoms. The Morgan fingerprint density at radius 3 is 2.55 bits per heavy atom. The Balaban J connectivity index is 1.94. The number of aliphatic hydroxyl groups excluding tert-OH is 1. The van der Waals surface area contributed by atoms with Crippen LogP contribution in [-0.4, -0.2) is 5.11 Å². The van der Waals surface area contributed by atoms with Crippen molar-refractivity contribution in [1.29, 1.82) is 0 Å². The molecule has 0 aliphatic carbocycles. The van der Waals surface area contributed by atoms with Crippen molar-refractivity contribution in [2.75, 3.05) is 0 Å². The fraction of sp³-hybridized carbons (Fsp3) is 0.176. The van der Waals surface area contributed by atoms with Gasteiger partial charge in [0.05, 0.1) is 6.10 Å². The molecular formula is C17H15BrO2. The van der Waals surface area contributed by atoms with E-state index in [0.717, 1.165) is 32.3 Å². The Morgan fingerprint density at radius 1 is 1.10 bits per heavy atom. The summed E-state index contributed by atoms with van der Waals surface area (Å²) in [6.45, 7) is 1.90. The first-order chi connectivity index (χ1) is 9.65. The zero-order valence-electron chi connectivity index (χ0n) is 11.1. The van der Waals surface area contributed by atoms with Crippen molar-refractivity contribution in [2.24, 2.45) is 0 Å². The molecule has 3 aromatic rings. The molecule has 0 aliphatic rings. The van der Waals surface area contributed by atoms with Crippen LogP contribution in [0.15, 0.2) is 57.4 Å². The Labute approximate surface area is 126 Å². The van der Waals surface area contributed by atoms with Gasteiger partial charge in [-0.3, -0.25) is 0 Å². The Morgan fingerprint density at radius 2 is 1.80 bits per heavy atom. The van der Waals surface area contributed by atoms with Gasteiger partial charge in [0.25, 0.3) is 0 Å². The van der Waals surface area contributed by atoms with E-state index >= 15 is 0 Å². The first kappa shape index (κ1) is 13.4. The number of rotatable bonds is 3. The van der Waals surface area contributed by atoms with Gasteiger partial charge in [-0.25, -0.2) is 0 Å². The van der Waals surface area contributed by atoms with Crippen LogP contribution in [0.25, 0.3) is 11.0 Å². The van der Waals surface area contributed by atoms with Crippen LogP contribution >= 0.6 is 15.9 Å². The molecule has 0 fully saturated rings. The summed E-state index contributed by atoms with van der Waals surface area (Å²) in [4.78, 5) is 0. The topological polar surface area (TPSA) is 33.4 Å². The molecule has 2 nitrogen and oxygen atoms in total. The average Bonchev–Trinajstić information content (AvgIpc) is 2.77. The van der Waals surface area contributed by atoms with E-state index in [1.165, 1.54) is 0 Å². The summed E-state index contributed by atoms with van der Waals surface area (Å²) in [6.07, 6.45) is 0.0253. The molecule has 1 N–H and O–H groups in total. The minimum absolute atomic E-state index is 0.556. The number of furan rings is 1. The van der Waals surface area contributed by atoms with Crippen molar-refractivity contribution in [1.82, 2.24) is 0 Å².